The van der Waals surface area contributed by atoms with Gasteiger partial charge in [-0.15, -0.1) is 0 Å². The highest BCUT2D eigenvalue weighted by molar-refractivity contribution is 7.73. The summed E-state index contributed by atoms with van der Waals surface area (Å²) in [5, 5.41) is 4.15. The molecule has 1 aliphatic carbocycles. The number of rotatable bonds is 5. The summed E-state index contributed by atoms with van der Waals surface area (Å²) in [5.41, 5.74) is 4.94. The summed E-state index contributed by atoms with van der Waals surface area (Å²) in [5.74, 6) is 0. The third-order valence-electron chi connectivity index (χ3n) is 5.27. The van der Waals surface area contributed by atoms with E-state index in [-0.39, 0.29) is 0 Å². The van der Waals surface area contributed by atoms with Gasteiger partial charge in [-0.2, -0.15) is 0 Å². The topological polar surface area (TPSA) is 28.7 Å². The van der Waals surface area contributed by atoms with Crippen LogP contribution in [0.1, 0.15) is 5.56 Å². The normalized spacial score (nSPS) is 11.5. The van der Waals surface area contributed by atoms with E-state index in [0.29, 0.717) is 0 Å². The molecule has 3 heteroatoms. The van der Waals surface area contributed by atoms with Crippen molar-refractivity contribution in [3.63, 3.8) is 0 Å². The Bertz CT molecular complexity index is 1130. The van der Waals surface area contributed by atoms with Gasteiger partial charge >= 0.3 is 0 Å². The molecular formula is C25H21N2P. The van der Waals surface area contributed by atoms with E-state index in [9.17, 15) is 0 Å². The number of hydrogen-bond acceptors (Lipinski definition) is 1. The number of aryl methyl sites for hydroxylation is 1. The lowest BCUT2D eigenvalue weighted by atomic mass is 10.1. The Labute approximate surface area is 166 Å². The fourth-order valence-corrected chi connectivity index (χ4v) is 6.32. The average Bonchev–Trinajstić information content (AvgIpc) is 3.10. The number of hydrogen-bond donors (Lipinski definition) is 1. The molecule has 136 valence electrons. The van der Waals surface area contributed by atoms with Crippen molar-refractivity contribution in [3.05, 3.63) is 103 Å². The van der Waals surface area contributed by atoms with Crippen LogP contribution in [0.4, 0.5) is 0 Å². The summed E-state index contributed by atoms with van der Waals surface area (Å²) in [7, 11) is -0.397. The van der Waals surface area contributed by atoms with Crippen molar-refractivity contribution in [2.45, 2.75) is 6.42 Å². The molecule has 1 aliphatic heterocycles. The van der Waals surface area contributed by atoms with Crippen LogP contribution in [0, 0.1) is 0 Å². The first-order valence-corrected chi connectivity index (χ1v) is 11.1. The van der Waals surface area contributed by atoms with Crippen molar-refractivity contribution in [2.75, 3.05) is 6.16 Å². The second-order valence-electron chi connectivity index (χ2n) is 6.91. The molecular weight excluding hydrogens is 359 g/mol. The molecule has 0 radical (unpaired) electrons. The number of fused-ring (bicyclic) bond motifs is 3. The molecule has 0 unspecified atom stereocenters. The molecule has 2 aromatic carbocycles. The number of H-pyrrole nitrogens is 1. The predicted molar refractivity (Wildman–Crippen MR) is 120 cm³/mol. The van der Waals surface area contributed by atoms with E-state index in [1.54, 1.807) is 0 Å². The number of nitrogens with zero attached hydrogens (tertiary/aromatic N) is 1. The molecule has 0 saturated heterocycles. The maximum Gasteiger partial charge on any atom is 0.0945 e. The van der Waals surface area contributed by atoms with Gasteiger partial charge in [-0.05, 0) is 48.8 Å². The Hall–Kier alpha value is -2.96. The standard InChI is InChI=1S/C25H21N2P/c1-3-9-19(10-4-1)28(20-11-5-2-6-12-20)18-15-21-22-13-7-16-26-24(22)25-23(21)14-8-17-27-25/h1-14,16-17,26H,15,18H2. The fraction of sp³-hybridized carbons (Fsp3) is 0.0800. The Kier molecular flexibility index (Phi) is 4.64. The average molecular weight is 380 g/mol. The molecule has 0 fully saturated rings. The van der Waals surface area contributed by atoms with Crippen LogP contribution in [-0.4, -0.2) is 16.1 Å². The Balaban J connectivity index is 1.55. The number of nitrogens with one attached hydrogen (secondary N) is 1. The van der Waals surface area contributed by atoms with Gasteiger partial charge in [-0.25, -0.2) is 0 Å². The van der Waals surface area contributed by atoms with Gasteiger partial charge in [0.15, 0.2) is 0 Å². The van der Waals surface area contributed by atoms with Gasteiger partial charge in [0.05, 0.1) is 11.2 Å². The molecule has 2 nitrogen and oxygen atoms in total. The molecule has 5 rings (SSSR count). The Morgan fingerprint density at radius 3 is 2.18 bits per heavy atom. The Morgan fingerprint density at radius 2 is 1.46 bits per heavy atom. The van der Waals surface area contributed by atoms with E-state index in [1.807, 2.05) is 18.5 Å². The van der Waals surface area contributed by atoms with Gasteiger partial charge in [0, 0.05) is 23.3 Å². The van der Waals surface area contributed by atoms with Gasteiger partial charge < -0.3 is 4.98 Å². The van der Waals surface area contributed by atoms with Crippen LogP contribution in [0.2, 0.25) is 0 Å². The quantitative estimate of drug-likeness (QED) is 0.410. The molecule has 2 aliphatic rings. The molecule has 28 heavy (non-hydrogen) atoms. The SMILES string of the molecule is c1ccc(P(CCc2c3ccc[nH]c-3c3ncccc23)c2ccccc2)cc1. The molecule has 0 spiro atoms. The van der Waals surface area contributed by atoms with Crippen molar-refractivity contribution in [2.24, 2.45) is 0 Å². The van der Waals surface area contributed by atoms with Gasteiger partial charge in [-0.3, -0.25) is 4.98 Å². The van der Waals surface area contributed by atoms with Gasteiger partial charge in [-0.1, -0.05) is 72.8 Å². The summed E-state index contributed by atoms with van der Waals surface area (Å²) in [6, 6.07) is 30.5. The van der Waals surface area contributed by atoms with Crippen LogP contribution in [-0.2, 0) is 6.42 Å². The van der Waals surface area contributed by atoms with E-state index in [4.69, 9.17) is 0 Å². The lowest BCUT2D eigenvalue weighted by molar-refractivity contribution is 1.17. The zero-order chi connectivity index (χ0) is 18.8. The van der Waals surface area contributed by atoms with Crippen LogP contribution in [0.15, 0.2) is 97.3 Å². The summed E-state index contributed by atoms with van der Waals surface area (Å²) < 4.78 is 0. The minimum Gasteiger partial charge on any atom is -0.359 e. The van der Waals surface area contributed by atoms with Gasteiger partial charge in [0.25, 0.3) is 0 Å². The number of pyridine rings is 2. The number of aromatic nitrogens is 2. The fourth-order valence-electron chi connectivity index (χ4n) is 3.99. The van der Waals surface area contributed by atoms with Crippen molar-refractivity contribution in [1.82, 2.24) is 9.97 Å². The van der Waals surface area contributed by atoms with Gasteiger partial charge in [0.1, 0.15) is 0 Å². The van der Waals surface area contributed by atoms with Crippen LogP contribution < -0.4 is 10.6 Å². The predicted octanol–water partition coefficient (Wildman–Crippen LogP) is 5.34. The number of benzene rings is 2. The molecule has 0 bridgehead atoms. The lowest BCUT2D eigenvalue weighted by Crippen LogP contribution is -2.14. The third-order valence-corrected chi connectivity index (χ3v) is 7.79. The molecule has 1 N–H and O–H groups in total. The summed E-state index contributed by atoms with van der Waals surface area (Å²) in [6.45, 7) is 0. The largest absolute Gasteiger partial charge is 0.359 e. The highest BCUT2D eigenvalue weighted by Crippen LogP contribution is 2.40. The van der Waals surface area contributed by atoms with Gasteiger partial charge in [0.2, 0.25) is 0 Å². The van der Waals surface area contributed by atoms with Crippen LogP contribution in [0.5, 0.6) is 0 Å². The monoisotopic (exact) mass is 380 g/mol. The third kappa shape index (κ3) is 3.10. The van der Waals surface area contributed by atoms with Crippen molar-refractivity contribution < 1.29 is 0 Å². The first-order valence-electron chi connectivity index (χ1n) is 9.62. The highest BCUT2D eigenvalue weighted by atomic mass is 31.1. The van der Waals surface area contributed by atoms with E-state index < -0.39 is 7.92 Å². The second-order valence-corrected chi connectivity index (χ2v) is 9.25. The summed E-state index contributed by atoms with van der Waals surface area (Å²) in [4.78, 5) is 8.06. The highest BCUT2D eigenvalue weighted by Gasteiger charge is 2.20. The first kappa shape index (κ1) is 17.2. The molecule has 2 heterocycles. The summed E-state index contributed by atoms with van der Waals surface area (Å²) >= 11 is 0. The minimum absolute atomic E-state index is 0.397. The van der Waals surface area contributed by atoms with E-state index in [1.165, 1.54) is 27.1 Å². The summed E-state index contributed by atoms with van der Waals surface area (Å²) in [6.07, 6.45) is 6.04. The van der Waals surface area contributed by atoms with E-state index in [0.717, 1.165) is 23.8 Å². The van der Waals surface area contributed by atoms with Crippen molar-refractivity contribution in [3.8, 4) is 11.3 Å². The molecule has 1 aromatic heterocycles. The molecule has 0 amide bonds. The minimum atomic E-state index is -0.397. The van der Waals surface area contributed by atoms with Crippen molar-refractivity contribution >= 4 is 29.4 Å². The Morgan fingerprint density at radius 1 is 0.750 bits per heavy atom. The maximum absolute atomic E-state index is 4.65. The smallest absolute Gasteiger partial charge is 0.0945 e. The van der Waals surface area contributed by atoms with E-state index >= 15 is 0 Å². The maximum atomic E-state index is 4.65. The lowest BCUT2D eigenvalue weighted by Gasteiger charge is -2.19. The zero-order valence-electron chi connectivity index (χ0n) is 15.5. The molecule has 3 aromatic rings. The number of aromatic amines is 1. The first-order chi connectivity index (χ1) is 13.9. The van der Waals surface area contributed by atoms with Crippen LogP contribution in [0.25, 0.3) is 22.2 Å². The molecule has 0 saturated carbocycles. The molecule has 0 atom stereocenters. The second kappa shape index (κ2) is 7.58. The van der Waals surface area contributed by atoms with Crippen molar-refractivity contribution in [1.29, 1.82) is 0 Å². The van der Waals surface area contributed by atoms with E-state index in [2.05, 4.69) is 88.8 Å². The van der Waals surface area contributed by atoms with Crippen LogP contribution >= 0.6 is 7.92 Å². The zero-order valence-corrected chi connectivity index (χ0v) is 16.4. The van der Waals surface area contributed by atoms with Crippen LogP contribution in [0.3, 0.4) is 0 Å².